The molecular weight excluding hydrogens is 184 g/mol. The van der Waals surface area contributed by atoms with E-state index in [2.05, 4.69) is 17.2 Å². The molecule has 1 aliphatic heterocycles. The Morgan fingerprint density at radius 1 is 1.20 bits per heavy atom. The van der Waals surface area contributed by atoms with Gasteiger partial charge in [0.15, 0.2) is 0 Å². The van der Waals surface area contributed by atoms with Gasteiger partial charge < -0.3 is 10.6 Å². The summed E-state index contributed by atoms with van der Waals surface area (Å²) in [5.74, 6) is 0.862. The van der Waals surface area contributed by atoms with Gasteiger partial charge in [-0.15, -0.1) is 6.58 Å². The minimum absolute atomic E-state index is 0.729. The van der Waals surface area contributed by atoms with Crippen LogP contribution < -0.4 is 10.6 Å². The molecule has 0 spiro atoms. The van der Waals surface area contributed by atoms with Crippen molar-refractivity contribution in [2.45, 2.75) is 50.6 Å². The molecule has 3 atom stereocenters. The Morgan fingerprint density at radius 3 is 2.80 bits per heavy atom. The van der Waals surface area contributed by atoms with Gasteiger partial charge in [0.05, 0.1) is 0 Å². The van der Waals surface area contributed by atoms with Crippen molar-refractivity contribution in [2.24, 2.45) is 5.92 Å². The van der Waals surface area contributed by atoms with E-state index >= 15 is 0 Å². The summed E-state index contributed by atoms with van der Waals surface area (Å²) in [6, 6.07) is 1.51. The zero-order valence-electron chi connectivity index (χ0n) is 9.67. The van der Waals surface area contributed by atoms with Gasteiger partial charge in [0, 0.05) is 18.6 Å². The molecule has 0 aromatic carbocycles. The van der Waals surface area contributed by atoms with E-state index < -0.39 is 0 Å². The van der Waals surface area contributed by atoms with Crippen LogP contribution in [0.15, 0.2) is 12.7 Å². The summed E-state index contributed by atoms with van der Waals surface area (Å²) in [5, 5.41) is 7.31. The SMILES string of the molecule is C=CCNC1CCCCC1C1CCCN1. The molecule has 0 aromatic rings. The Labute approximate surface area is 93.5 Å². The minimum atomic E-state index is 0.729. The van der Waals surface area contributed by atoms with E-state index in [0.29, 0.717) is 0 Å². The zero-order valence-corrected chi connectivity index (χ0v) is 9.67. The van der Waals surface area contributed by atoms with Gasteiger partial charge in [0.2, 0.25) is 0 Å². The standard InChI is InChI=1S/C13H24N2/c1-2-9-14-12-7-4-3-6-11(12)13-8-5-10-15-13/h2,11-15H,1,3-10H2. The van der Waals surface area contributed by atoms with E-state index in [1.54, 1.807) is 0 Å². The predicted molar refractivity (Wildman–Crippen MR) is 65.0 cm³/mol. The van der Waals surface area contributed by atoms with Crippen molar-refractivity contribution in [2.75, 3.05) is 13.1 Å². The molecule has 15 heavy (non-hydrogen) atoms. The van der Waals surface area contributed by atoms with E-state index in [-0.39, 0.29) is 0 Å². The summed E-state index contributed by atoms with van der Waals surface area (Å²) < 4.78 is 0. The van der Waals surface area contributed by atoms with Crippen molar-refractivity contribution in [1.29, 1.82) is 0 Å². The van der Waals surface area contributed by atoms with Crippen molar-refractivity contribution in [3.8, 4) is 0 Å². The lowest BCUT2D eigenvalue weighted by Gasteiger charge is -2.36. The van der Waals surface area contributed by atoms with E-state index in [0.717, 1.165) is 24.5 Å². The molecule has 2 N–H and O–H groups in total. The second kappa shape index (κ2) is 5.66. The third kappa shape index (κ3) is 2.82. The first-order valence-electron chi connectivity index (χ1n) is 6.49. The Bertz CT molecular complexity index is 197. The molecule has 2 aliphatic rings. The average molecular weight is 208 g/mol. The van der Waals surface area contributed by atoms with Crippen LogP contribution in [0.5, 0.6) is 0 Å². The number of rotatable bonds is 4. The number of hydrogen-bond acceptors (Lipinski definition) is 2. The van der Waals surface area contributed by atoms with Crippen molar-refractivity contribution in [3.63, 3.8) is 0 Å². The largest absolute Gasteiger partial charge is 0.314 e. The highest BCUT2D eigenvalue weighted by Gasteiger charge is 2.32. The van der Waals surface area contributed by atoms with Crippen molar-refractivity contribution < 1.29 is 0 Å². The first-order chi connectivity index (χ1) is 7.42. The molecule has 1 saturated carbocycles. The van der Waals surface area contributed by atoms with Crippen LogP contribution in [-0.2, 0) is 0 Å². The first kappa shape index (κ1) is 11.2. The highest BCUT2D eigenvalue weighted by atomic mass is 15.0. The van der Waals surface area contributed by atoms with Crippen molar-refractivity contribution in [3.05, 3.63) is 12.7 Å². The molecule has 2 nitrogen and oxygen atoms in total. The fourth-order valence-electron chi connectivity index (χ4n) is 3.21. The van der Waals surface area contributed by atoms with Crippen molar-refractivity contribution in [1.82, 2.24) is 10.6 Å². The normalized spacial score (nSPS) is 36.7. The van der Waals surface area contributed by atoms with Gasteiger partial charge >= 0.3 is 0 Å². The summed E-state index contributed by atoms with van der Waals surface area (Å²) in [5.41, 5.74) is 0. The molecule has 1 aliphatic carbocycles. The maximum absolute atomic E-state index is 3.79. The molecule has 1 heterocycles. The first-order valence-corrected chi connectivity index (χ1v) is 6.49. The van der Waals surface area contributed by atoms with Crippen LogP contribution in [0.25, 0.3) is 0 Å². The maximum Gasteiger partial charge on any atom is 0.0135 e. The van der Waals surface area contributed by atoms with Gasteiger partial charge in [-0.1, -0.05) is 18.9 Å². The van der Waals surface area contributed by atoms with Crippen LogP contribution in [-0.4, -0.2) is 25.2 Å². The van der Waals surface area contributed by atoms with Gasteiger partial charge in [0.1, 0.15) is 0 Å². The Kier molecular flexibility index (Phi) is 4.21. The Hall–Kier alpha value is -0.340. The molecule has 0 amide bonds. The lowest BCUT2D eigenvalue weighted by atomic mass is 9.79. The summed E-state index contributed by atoms with van der Waals surface area (Å²) in [6.45, 7) is 5.99. The minimum Gasteiger partial charge on any atom is -0.314 e. The van der Waals surface area contributed by atoms with Crippen molar-refractivity contribution >= 4 is 0 Å². The van der Waals surface area contributed by atoms with Gasteiger partial charge in [-0.05, 0) is 38.1 Å². The molecule has 2 fully saturated rings. The molecule has 2 rings (SSSR count). The van der Waals surface area contributed by atoms with E-state index in [1.807, 2.05) is 6.08 Å². The lowest BCUT2D eigenvalue weighted by molar-refractivity contribution is 0.219. The molecular formula is C13H24N2. The smallest absolute Gasteiger partial charge is 0.0135 e. The fraction of sp³-hybridized carbons (Fsp3) is 0.846. The van der Waals surface area contributed by atoms with E-state index in [4.69, 9.17) is 0 Å². The zero-order chi connectivity index (χ0) is 10.5. The lowest BCUT2D eigenvalue weighted by Crippen LogP contribution is -2.47. The molecule has 0 aromatic heterocycles. The summed E-state index contributed by atoms with van der Waals surface area (Å²) in [7, 11) is 0. The van der Waals surface area contributed by atoms with E-state index in [1.165, 1.54) is 45.1 Å². The topological polar surface area (TPSA) is 24.1 Å². The summed E-state index contributed by atoms with van der Waals surface area (Å²) >= 11 is 0. The number of nitrogens with one attached hydrogen (secondary N) is 2. The van der Waals surface area contributed by atoms with Crippen LogP contribution in [0.1, 0.15) is 38.5 Å². The number of hydrogen-bond donors (Lipinski definition) is 2. The summed E-state index contributed by atoms with van der Waals surface area (Å²) in [6.07, 6.45) is 10.3. The van der Waals surface area contributed by atoms with E-state index in [9.17, 15) is 0 Å². The highest BCUT2D eigenvalue weighted by Crippen LogP contribution is 2.30. The molecule has 3 unspecified atom stereocenters. The monoisotopic (exact) mass is 208 g/mol. The van der Waals surface area contributed by atoms with Crippen LogP contribution in [0.2, 0.25) is 0 Å². The molecule has 0 bridgehead atoms. The van der Waals surface area contributed by atoms with Crippen LogP contribution in [0, 0.1) is 5.92 Å². The van der Waals surface area contributed by atoms with Gasteiger partial charge in [0.25, 0.3) is 0 Å². The maximum atomic E-state index is 3.79. The fourth-order valence-corrected chi connectivity index (χ4v) is 3.21. The van der Waals surface area contributed by atoms with Crippen LogP contribution in [0.4, 0.5) is 0 Å². The summed E-state index contributed by atoms with van der Waals surface area (Å²) in [4.78, 5) is 0. The molecule has 2 heteroatoms. The second-order valence-electron chi connectivity index (χ2n) is 4.95. The average Bonchev–Trinajstić information content (AvgIpc) is 2.80. The molecule has 0 radical (unpaired) electrons. The molecule has 1 saturated heterocycles. The van der Waals surface area contributed by atoms with Gasteiger partial charge in [-0.25, -0.2) is 0 Å². The van der Waals surface area contributed by atoms with Gasteiger partial charge in [-0.2, -0.15) is 0 Å². The molecule has 86 valence electrons. The predicted octanol–water partition coefficient (Wildman–Crippen LogP) is 2.07. The highest BCUT2D eigenvalue weighted by molar-refractivity contribution is 4.92. The van der Waals surface area contributed by atoms with Crippen LogP contribution in [0.3, 0.4) is 0 Å². The van der Waals surface area contributed by atoms with Crippen LogP contribution >= 0.6 is 0 Å². The Balaban J connectivity index is 1.89. The third-order valence-electron chi connectivity index (χ3n) is 3.96. The quantitative estimate of drug-likeness (QED) is 0.691. The Morgan fingerprint density at radius 2 is 2.07 bits per heavy atom. The third-order valence-corrected chi connectivity index (χ3v) is 3.96. The second-order valence-corrected chi connectivity index (χ2v) is 4.95. The van der Waals surface area contributed by atoms with Gasteiger partial charge in [-0.3, -0.25) is 0 Å².